The van der Waals surface area contributed by atoms with Crippen molar-refractivity contribution in [2.45, 2.75) is 12.6 Å². The van der Waals surface area contributed by atoms with Crippen molar-refractivity contribution < 1.29 is 9.50 Å². The van der Waals surface area contributed by atoms with Gasteiger partial charge in [-0.2, -0.15) is 11.8 Å². The summed E-state index contributed by atoms with van der Waals surface area (Å²) in [4.78, 5) is 0. The second kappa shape index (κ2) is 3.42. The fraction of sp³-hybridized carbons (Fsp3) is 1.00. The Labute approximate surface area is 58.6 Å². The predicted octanol–water partition coefficient (Wildman–Crippen LogP) is 1.07. The van der Waals surface area contributed by atoms with Crippen molar-refractivity contribution >= 4 is 11.8 Å². The van der Waals surface area contributed by atoms with Gasteiger partial charge in [-0.3, -0.25) is 0 Å². The van der Waals surface area contributed by atoms with Crippen LogP contribution in [0.2, 0.25) is 0 Å². The maximum atomic E-state index is 12.7. The van der Waals surface area contributed by atoms with Gasteiger partial charge >= 0.3 is 0 Å². The minimum Gasteiger partial charge on any atom is -0.396 e. The molecule has 0 radical (unpaired) electrons. The minimum atomic E-state index is -0.770. The van der Waals surface area contributed by atoms with Gasteiger partial charge in [0.1, 0.15) is 6.17 Å². The lowest BCUT2D eigenvalue weighted by Gasteiger charge is -2.22. The molecule has 1 nitrogen and oxygen atoms in total. The molecule has 0 aromatic rings. The third-order valence-corrected chi connectivity index (χ3v) is 2.73. The zero-order valence-electron chi connectivity index (χ0n) is 5.22. The minimum absolute atomic E-state index is 0.0156. The molecule has 0 aliphatic carbocycles. The number of thioether (sulfide) groups is 1. The van der Waals surface area contributed by atoms with Gasteiger partial charge in [0.05, 0.1) is 0 Å². The monoisotopic (exact) mass is 150 g/mol. The van der Waals surface area contributed by atoms with E-state index in [0.717, 1.165) is 12.2 Å². The highest BCUT2D eigenvalue weighted by molar-refractivity contribution is 7.99. The molecule has 1 aliphatic rings. The summed E-state index contributed by atoms with van der Waals surface area (Å²) in [6, 6.07) is 0. The van der Waals surface area contributed by atoms with Gasteiger partial charge in [-0.25, -0.2) is 4.39 Å². The van der Waals surface area contributed by atoms with Crippen molar-refractivity contribution in [3.8, 4) is 0 Å². The van der Waals surface area contributed by atoms with Crippen LogP contribution in [0.25, 0.3) is 0 Å². The van der Waals surface area contributed by atoms with Crippen molar-refractivity contribution in [2.75, 3.05) is 18.1 Å². The number of rotatable bonds is 1. The van der Waals surface area contributed by atoms with Crippen LogP contribution in [-0.4, -0.2) is 29.4 Å². The zero-order valence-corrected chi connectivity index (χ0v) is 6.03. The normalized spacial score (nSPS) is 36.7. The standard InChI is InChI=1S/C6H11FOS/c7-6-4-9-2-1-5(6)3-8/h5-6,8H,1-4H2/t5-,6+/m0/s1. The Morgan fingerprint density at radius 3 is 2.89 bits per heavy atom. The van der Waals surface area contributed by atoms with Crippen molar-refractivity contribution in [1.29, 1.82) is 0 Å². The third-order valence-electron chi connectivity index (χ3n) is 1.66. The number of halogens is 1. The average Bonchev–Trinajstić information content (AvgIpc) is 1.89. The summed E-state index contributed by atoms with van der Waals surface area (Å²) < 4.78 is 12.7. The lowest BCUT2D eigenvalue weighted by molar-refractivity contribution is 0.146. The molecule has 9 heavy (non-hydrogen) atoms. The molecule has 0 saturated carbocycles. The first-order valence-electron chi connectivity index (χ1n) is 3.17. The molecule has 3 heteroatoms. The lowest BCUT2D eigenvalue weighted by Crippen LogP contribution is -2.26. The highest BCUT2D eigenvalue weighted by atomic mass is 32.2. The van der Waals surface area contributed by atoms with Crippen molar-refractivity contribution in [2.24, 2.45) is 5.92 Å². The Balaban J connectivity index is 2.30. The first-order valence-corrected chi connectivity index (χ1v) is 4.32. The molecule has 1 saturated heterocycles. The number of aliphatic hydroxyl groups excluding tert-OH is 1. The topological polar surface area (TPSA) is 20.2 Å². The molecule has 0 unspecified atom stereocenters. The SMILES string of the molecule is OC[C@@H]1CCSC[C@H]1F. The Bertz CT molecular complexity index is 89.1. The summed E-state index contributed by atoms with van der Waals surface area (Å²) in [6.07, 6.45) is 0.0660. The van der Waals surface area contributed by atoms with Crippen LogP contribution < -0.4 is 0 Å². The van der Waals surface area contributed by atoms with Crippen LogP contribution in [-0.2, 0) is 0 Å². The Hall–Kier alpha value is 0.240. The summed E-state index contributed by atoms with van der Waals surface area (Å²) in [5.41, 5.74) is 0. The molecule has 0 aromatic heterocycles. The first kappa shape index (κ1) is 7.35. The quantitative estimate of drug-likeness (QED) is 0.603. The van der Waals surface area contributed by atoms with Gasteiger partial charge in [-0.15, -0.1) is 0 Å². The van der Waals surface area contributed by atoms with E-state index in [1.807, 2.05) is 0 Å². The van der Waals surface area contributed by atoms with Gasteiger partial charge in [0, 0.05) is 18.3 Å². The zero-order chi connectivity index (χ0) is 6.69. The molecule has 0 amide bonds. The number of hydrogen-bond acceptors (Lipinski definition) is 2. The molecule has 0 spiro atoms. The third kappa shape index (κ3) is 1.83. The van der Waals surface area contributed by atoms with Gasteiger partial charge < -0.3 is 5.11 Å². The van der Waals surface area contributed by atoms with Crippen LogP contribution in [0.15, 0.2) is 0 Å². The Morgan fingerprint density at radius 2 is 2.44 bits per heavy atom. The molecule has 1 aliphatic heterocycles. The van der Waals surface area contributed by atoms with E-state index in [0.29, 0.717) is 5.75 Å². The highest BCUT2D eigenvalue weighted by Gasteiger charge is 2.23. The predicted molar refractivity (Wildman–Crippen MR) is 37.4 cm³/mol. The summed E-state index contributed by atoms with van der Waals surface area (Å²) in [6.45, 7) is 0.0156. The van der Waals surface area contributed by atoms with E-state index in [-0.39, 0.29) is 12.5 Å². The fourth-order valence-corrected chi connectivity index (χ4v) is 2.09. The van der Waals surface area contributed by atoms with E-state index in [1.54, 1.807) is 11.8 Å². The summed E-state index contributed by atoms with van der Waals surface area (Å²) in [5, 5.41) is 8.61. The second-order valence-electron chi connectivity index (χ2n) is 2.32. The van der Waals surface area contributed by atoms with E-state index < -0.39 is 6.17 Å². The molecule has 0 aromatic carbocycles. The summed E-state index contributed by atoms with van der Waals surface area (Å²) in [5.74, 6) is 1.50. The highest BCUT2D eigenvalue weighted by Crippen LogP contribution is 2.24. The molecular weight excluding hydrogens is 139 g/mol. The van der Waals surface area contributed by atoms with E-state index in [9.17, 15) is 4.39 Å². The molecule has 54 valence electrons. The van der Waals surface area contributed by atoms with Crippen molar-refractivity contribution in [3.05, 3.63) is 0 Å². The van der Waals surface area contributed by atoms with Gasteiger partial charge in [0.15, 0.2) is 0 Å². The van der Waals surface area contributed by atoms with Crippen LogP contribution in [0.1, 0.15) is 6.42 Å². The van der Waals surface area contributed by atoms with Gasteiger partial charge in [0.2, 0.25) is 0 Å². The Kier molecular flexibility index (Phi) is 2.79. The smallest absolute Gasteiger partial charge is 0.114 e. The number of aliphatic hydroxyl groups is 1. The van der Waals surface area contributed by atoms with Crippen LogP contribution in [0, 0.1) is 5.92 Å². The first-order chi connectivity index (χ1) is 4.34. The molecule has 0 bridgehead atoms. The van der Waals surface area contributed by atoms with E-state index in [1.165, 1.54) is 0 Å². The van der Waals surface area contributed by atoms with Crippen molar-refractivity contribution in [1.82, 2.24) is 0 Å². The average molecular weight is 150 g/mol. The largest absolute Gasteiger partial charge is 0.396 e. The lowest BCUT2D eigenvalue weighted by atomic mass is 10.0. The molecular formula is C6H11FOS. The van der Waals surface area contributed by atoms with Gasteiger partial charge in [-0.1, -0.05) is 0 Å². The second-order valence-corrected chi connectivity index (χ2v) is 3.47. The molecule has 2 atom stereocenters. The maximum Gasteiger partial charge on any atom is 0.114 e. The van der Waals surface area contributed by atoms with Crippen LogP contribution >= 0.6 is 11.8 Å². The molecule has 1 N–H and O–H groups in total. The molecule has 1 heterocycles. The number of hydrogen-bond donors (Lipinski definition) is 1. The van der Waals surface area contributed by atoms with E-state index in [2.05, 4.69) is 0 Å². The van der Waals surface area contributed by atoms with Crippen LogP contribution in [0.4, 0.5) is 4.39 Å². The van der Waals surface area contributed by atoms with Gasteiger partial charge in [-0.05, 0) is 12.2 Å². The summed E-state index contributed by atoms with van der Waals surface area (Å²) in [7, 11) is 0. The Morgan fingerprint density at radius 1 is 1.67 bits per heavy atom. The van der Waals surface area contributed by atoms with Crippen molar-refractivity contribution in [3.63, 3.8) is 0 Å². The summed E-state index contributed by atoms with van der Waals surface area (Å²) >= 11 is 1.64. The molecule has 1 fully saturated rings. The van der Waals surface area contributed by atoms with E-state index in [4.69, 9.17) is 5.11 Å². The molecule has 1 rings (SSSR count). The van der Waals surface area contributed by atoms with E-state index >= 15 is 0 Å². The van der Waals surface area contributed by atoms with Crippen LogP contribution in [0.5, 0.6) is 0 Å². The van der Waals surface area contributed by atoms with Crippen LogP contribution in [0.3, 0.4) is 0 Å². The van der Waals surface area contributed by atoms with Gasteiger partial charge in [0.25, 0.3) is 0 Å². The fourth-order valence-electron chi connectivity index (χ4n) is 0.953. The number of alkyl halides is 1. The maximum absolute atomic E-state index is 12.7.